The highest BCUT2D eigenvalue weighted by Crippen LogP contribution is 2.53. The molecule has 4 aliphatic rings. The molecule has 4 aromatic heterocycles. The average molecular weight is 1090 g/mol. The van der Waals surface area contributed by atoms with Crippen molar-refractivity contribution in [3.63, 3.8) is 0 Å². The molecule has 0 radical (unpaired) electrons. The van der Waals surface area contributed by atoms with E-state index in [-0.39, 0.29) is 13.7 Å². The molecule has 0 aliphatic carbocycles. The van der Waals surface area contributed by atoms with E-state index < -0.39 is 0 Å². The van der Waals surface area contributed by atoms with Gasteiger partial charge in [0, 0.05) is 122 Å². The Kier molecular flexibility index (Phi) is 8.60. The zero-order valence-electron chi connectivity index (χ0n) is 46.4. The van der Waals surface area contributed by atoms with Crippen molar-refractivity contribution < 1.29 is 0 Å². The lowest BCUT2D eigenvalue weighted by Gasteiger charge is -2.44. The van der Waals surface area contributed by atoms with Gasteiger partial charge in [0.2, 0.25) is 0 Å². The van der Waals surface area contributed by atoms with E-state index in [0.29, 0.717) is 0 Å². The summed E-state index contributed by atoms with van der Waals surface area (Å²) in [6.07, 6.45) is 0. The topological polar surface area (TPSA) is 26.2 Å². The third-order valence-electron chi connectivity index (χ3n) is 19.8. The third kappa shape index (κ3) is 5.52. The predicted molar refractivity (Wildman–Crippen MR) is 362 cm³/mol. The minimum Gasteiger partial charge on any atom is -0.375 e. The second-order valence-corrected chi connectivity index (χ2v) is 23.8. The number of aromatic nitrogens is 4. The summed E-state index contributed by atoms with van der Waals surface area (Å²) in [7, 11) is 0. The Morgan fingerprint density at radius 3 is 0.988 bits per heavy atom. The van der Waals surface area contributed by atoms with Gasteiger partial charge in [-0.15, -0.1) is 0 Å². The lowest BCUT2D eigenvalue weighted by atomic mass is 9.41. The Bertz CT molecular complexity index is 5500. The molecule has 8 heteroatoms. The molecule has 86 heavy (non-hydrogen) atoms. The van der Waals surface area contributed by atoms with E-state index in [0.717, 1.165) is 22.7 Å². The fourth-order valence-corrected chi connectivity index (χ4v) is 16.7. The van der Waals surface area contributed by atoms with Crippen LogP contribution in [0.2, 0.25) is 0 Å². The fraction of sp³-hybridized carbons (Fsp3) is 0. The van der Waals surface area contributed by atoms with E-state index in [1.807, 2.05) is 0 Å². The number of fused-ring (bicyclic) bond motifs is 22. The zero-order chi connectivity index (χ0) is 55.6. The maximum atomic E-state index is 2.75. The normalized spacial score (nSPS) is 13.5. The van der Waals surface area contributed by atoms with E-state index in [4.69, 9.17) is 0 Å². The van der Waals surface area contributed by atoms with E-state index >= 15 is 0 Å². The molecular weight excluding hydrogens is 1040 g/mol. The van der Waals surface area contributed by atoms with Crippen LogP contribution in [-0.4, -0.2) is 31.8 Å². The molecule has 394 valence electrons. The molecule has 0 atom stereocenters. The van der Waals surface area contributed by atoms with Crippen LogP contribution in [0.5, 0.6) is 0 Å². The third-order valence-corrected chi connectivity index (χ3v) is 19.8. The molecule has 0 unspecified atom stereocenters. The Morgan fingerprint density at radius 2 is 0.581 bits per heavy atom. The van der Waals surface area contributed by atoms with Crippen LogP contribution in [0.4, 0.5) is 34.1 Å². The quantitative estimate of drug-likeness (QED) is 0.164. The second kappa shape index (κ2) is 16.3. The molecule has 0 saturated carbocycles. The number of anilines is 6. The standard InChI is InChI=1S/C78H46B2N6/c1-5-23-47(24-6-1)81-61-37-17-13-31-53(61)71-69(81)43-57-51-35-21-41-65-75(51)79(85-63-39-19-15-33-55(63)73(71)77(57)85)59-45-60-68(46-67(59)83(65)49-27-9-3-10-28-49)84(50-29-11-4-12-30-50)66-42-22-36-52-58-44-70-72(54-32-14-18-38-62(54)82(70)48-25-7-2-8-26-48)74-56-34-16-20-40-64(56)86(78(58)74)80(60)76(52)66/h1-46H. The van der Waals surface area contributed by atoms with Crippen LogP contribution in [-0.2, 0) is 0 Å². The van der Waals surface area contributed by atoms with Crippen LogP contribution in [0.3, 0.4) is 0 Å². The molecule has 4 aliphatic heterocycles. The largest absolute Gasteiger partial charge is 0.375 e. The lowest BCUT2D eigenvalue weighted by molar-refractivity contribution is 1.18. The van der Waals surface area contributed by atoms with Gasteiger partial charge in [0.05, 0.1) is 22.1 Å². The van der Waals surface area contributed by atoms with Crippen molar-refractivity contribution in [2.75, 3.05) is 9.80 Å². The number of para-hydroxylation sites is 8. The van der Waals surface area contributed by atoms with E-state index in [2.05, 4.69) is 307 Å². The molecule has 17 aromatic rings. The first-order valence-corrected chi connectivity index (χ1v) is 30.0. The summed E-state index contributed by atoms with van der Waals surface area (Å²) in [5.74, 6) is 0. The number of hydrogen-bond acceptors (Lipinski definition) is 2. The van der Waals surface area contributed by atoms with Gasteiger partial charge >= 0.3 is 13.7 Å². The van der Waals surface area contributed by atoms with Gasteiger partial charge in [-0.3, -0.25) is 0 Å². The maximum Gasteiger partial charge on any atom is 0.333 e. The van der Waals surface area contributed by atoms with Gasteiger partial charge in [0.1, 0.15) is 0 Å². The van der Waals surface area contributed by atoms with Crippen LogP contribution < -0.4 is 31.7 Å². The van der Waals surface area contributed by atoms with Crippen LogP contribution in [0.1, 0.15) is 0 Å². The average Bonchev–Trinajstić information content (AvgIpc) is 1.45. The second-order valence-electron chi connectivity index (χ2n) is 23.8. The summed E-state index contributed by atoms with van der Waals surface area (Å²) < 4.78 is 10.5. The van der Waals surface area contributed by atoms with Gasteiger partial charge in [-0.05, 0) is 136 Å². The van der Waals surface area contributed by atoms with Gasteiger partial charge in [-0.1, -0.05) is 176 Å². The number of benzene rings is 13. The van der Waals surface area contributed by atoms with Crippen LogP contribution in [0, 0.1) is 0 Å². The molecule has 6 nitrogen and oxygen atoms in total. The van der Waals surface area contributed by atoms with E-state index in [1.54, 1.807) is 0 Å². The summed E-state index contributed by atoms with van der Waals surface area (Å²) in [5, 5.41) is 10.2. The van der Waals surface area contributed by atoms with Crippen molar-refractivity contribution in [3.8, 4) is 33.6 Å². The minimum atomic E-state index is -0.181. The highest BCUT2D eigenvalue weighted by atomic mass is 15.2. The van der Waals surface area contributed by atoms with Crippen molar-refractivity contribution >= 4 is 157 Å². The summed E-state index contributed by atoms with van der Waals surface area (Å²) in [6, 6.07) is 105. The Balaban J connectivity index is 0.925. The van der Waals surface area contributed by atoms with Gasteiger partial charge in [-0.25, -0.2) is 0 Å². The SMILES string of the molecule is c1ccc(N2c3cc4c(cc3B3c5c(cccc52)-c2cc5c(c6ccccc6n5-c5ccccc5)c5c6ccccc6n3c25)B2c3c(cccc3N4c3ccccc3)-c3cc4c(c5ccccc5n4-c4ccccc4)c4c5ccccc5n2c34)cc1. The molecule has 0 amide bonds. The van der Waals surface area contributed by atoms with E-state index in [9.17, 15) is 0 Å². The predicted octanol–water partition coefficient (Wildman–Crippen LogP) is 16.9. The number of rotatable bonds is 4. The highest BCUT2D eigenvalue weighted by molar-refractivity contribution is 6.93. The van der Waals surface area contributed by atoms with Crippen LogP contribution in [0.25, 0.3) is 121 Å². The first-order valence-electron chi connectivity index (χ1n) is 30.0. The van der Waals surface area contributed by atoms with Crippen molar-refractivity contribution in [3.05, 3.63) is 279 Å². The van der Waals surface area contributed by atoms with Gasteiger partial charge < -0.3 is 27.9 Å². The van der Waals surface area contributed by atoms with Gasteiger partial charge in [0.25, 0.3) is 0 Å². The summed E-state index contributed by atoms with van der Waals surface area (Å²) >= 11 is 0. The molecule has 0 saturated heterocycles. The van der Waals surface area contributed by atoms with Crippen molar-refractivity contribution in [2.24, 2.45) is 0 Å². The number of hydrogen-bond donors (Lipinski definition) is 0. The fourth-order valence-electron chi connectivity index (χ4n) is 16.7. The Morgan fingerprint density at radius 1 is 0.233 bits per heavy atom. The molecule has 0 fully saturated rings. The first kappa shape index (κ1) is 45.3. The van der Waals surface area contributed by atoms with Crippen LogP contribution >= 0.6 is 0 Å². The molecule has 0 spiro atoms. The summed E-state index contributed by atoms with van der Waals surface area (Å²) in [5.41, 5.74) is 29.4. The van der Waals surface area contributed by atoms with Crippen LogP contribution in [0.15, 0.2) is 279 Å². The van der Waals surface area contributed by atoms with E-state index in [1.165, 1.54) is 154 Å². The molecule has 13 aromatic carbocycles. The van der Waals surface area contributed by atoms with Gasteiger partial charge in [0.15, 0.2) is 0 Å². The molecule has 21 rings (SSSR count). The monoisotopic (exact) mass is 1090 g/mol. The molecule has 0 bridgehead atoms. The molecule has 8 heterocycles. The molecule has 0 N–H and O–H groups in total. The minimum absolute atomic E-state index is 0.181. The zero-order valence-corrected chi connectivity index (χ0v) is 46.4. The van der Waals surface area contributed by atoms with Crippen molar-refractivity contribution in [1.29, 1.82) is 0 Å². The maximum absolute atomic E-state index is 2.75. The summed E-state index contributed by atoms with van der Waals surface area (Å²) in [6.45, 7) is -0.363. The number of nitrogens with zero attached hydrogens (tertiary/aromatic N) is 6. The smallest absolute Gasteiger partial charge is 0.333 e. The lowest BCUT2D eigenvalue weighted by Crippen LogP contribution is -2.61. The van der Waals surface area contributed by atoms with Crippen molar-refractivity contribution in [1.82, 2.24) is 18.1 Å². The highest BCUT2D eigenvalue weighted by Gasteiger charge is 2.48. The first-order chi connectivity index (χ1) is 42.8. The van der Waals surface area contributed by atoms with Gasteiger partial charge in [-0.2, -0.15) is 0 Å². The summed E-state index contributed by atoms with van der Waals surface area (Å²) in [4.78, 5) is 5.15. The van der Waals surface area contributed by atoms with Crippen molar-refractivity contribution in [2.45, 2.75) is 0 Å². The molecular formula is C78H46B2N6. The Hall–Kier alpha value is -11.2. The Labute approximate surface area is 494 Å².